The van der Waals surface area contributed by atoms with Gasteiger partial charge in [0.2, 0.25) is 5.91 Å². The number of nitrogens with zero attached hydrogens (tertiary/aromatic N) is 3. The minimum atomic E-state index is -0.0763. The molecule has 3 N–H and O–H groups in total. The van der Waals surface area contributed by atoms with Gasteiger partial charge in [-0.1, -0.05) is 6.07 Å². The molecule has 1 amide bonds. The average Bonchev–Trinajstić information content (AvgIpc) is 2.64. The van der Waals surface area contributed by atoms with Crippen LogP contribution in [-0.4, -0.2) is 75.2 Å². The number of methoxy groups -OCH3 is 1. The van der Waals surface area contributed by atoms with Crippen LogP contribution in [0.2, 0.25) is 0 Å². The van der Waals surface area contributed by atoms with Crippen molar-refractivity contribution in [2.45, 2.75) is 26.7 Å². The summed E-state index contributed by atoms with van der Waals surface area (Å²) in [6, 6.07) is 3.72. The highest BCUT2D eigenvalue weighted by Crippen LogP contribution is 2.03. The van der Waals surface area contributed by atoms with Gasteiger partial charge in [0.25, 0.3) is 0 Å². The molecule has 0 aliphatic carbocycles. The van der Waals surface area contributed by atoms with Crippen molar-refractivity contribution in [3.8, 4) is 0 Å². The number of anilines is 1. The van der Waals surface area contributed by atoms with Gasteiger partial charge in [0, 0.05) is 52.5 Å². The van der Waals surface area contributed by atoms with E-state index in [4.69, 9.17) is 4.74 Å². The van der Waals surface area contributed by atoms with E-state index in [0.29, 0.717) is 25.3 Å². The van der Waals surface area contributed by atoms with Gasteiger partial charge in [-0.15, -0.1) is 0 Å². The number of aliphatic imine (C=N–C) groups is 1. The van der Waals surface area contributed by atoms with Crippen molar-refractivity contribution in [2.75, 3.05) is 58.8 Å². The molecule has 0 atom stereocenters. The Bertz CT molecular complexity index is 562. The molecule has 0 unspecified atom stereocenters. The Hall–Kier alpha value is -2.19. The minimum absolute atomic E-state index is 0.0763. The van der Waals surface area contributed by atoms with E-state index in [9.17, 15) is 4.79 Å². The van der Waals surface area contributed by atoms with Gasteiger partial charge >= 0.3 is 0 Å². The van der Waals surface area contributed by atoms with E-state index < -0.39 is 0 Å². The molecule has 0 bridgehead atoms. The third-order valence-corrected chi connectivity index (χ3v) is 3.81. The molecular formula is C19H34N6O2. The van der Waals surface area contributed by atoms with Crippen LogP contribution < -0.4 is 16.0 Å². The lowest BCUT2D eigenvalue weighted by molar-refractivity contribution is -0.116. The number of guanidine groups is 1. The van der Waals surface area contributed by atoms with Crippen LogP contribution in [0.3, 0.4) is 0 Å². The second-order valence-corrected chi connectivity index (χ2v) is 6.36. The number of aromatic nitrogens is 1. The molecular weight excluding hydrogens is 344 g/mol. The Morgan fingerprint density at radius 2 is 2.11 bits per heavy atom. The average molecular weight is 379 g/mol. The Balaban J connectivity index is 2.30. The maximum Gasteiger partial charge on any atom is 0.227 e. The molecule has 0 aromatic carbocycles. The molecule has 0 saturated heterocycles. The van der Waals surface area contributed by atoms with Crippen LogP contribution in [-0.2, 0) is 9.53 Å². The van der Waals surface area contributed by atoms with E-state index in [1.165, 1.54) is 0 Å². The quantitative estimate of drug-likeness (QED) is 0.288. The van der Waals surface area contributed by atoms with Crippen molar-refractivity contribution in [1.82, 2.24) is 20.5 Å². The van der Waals surface area contributed by atoms with Gasteiger partial charge in [0.15, 0.2) is 5.96 Å². The van der Waals surface area contributed by atoms with E-state index in [0.717, 1.165) is 44.2 Å². The number of hydrogen-bond donors (Lipinski definition) is 3. The number of rotatable bonds is 12. The van der Waals surface area contributed by atoms with Crippen LogP contribution in [0.4, 0.5) is 5.82 Å². The first-order valence-corrected chi connectivity index (χ1v) is 9.47. The first-order chi connectivity index (χ1) is 13.0. The van der Waals surface area contributed by atoms with Crippen LogP contribution in [0.5, 0.6) is 0 Å². The monoisotopic (exact) mass is 378 g/mol. The number of likely N-dealkylation sites (N-methyl/N-ethyl adjacent to an activating group) is 1. The molecule has 1 aromatic heterocycles. The van der Waals surface area contributed by atoms with Crippen LogP contribution in [0, 0.1) is 6.92 Å². The standard InChI is InChI=1S/C19H34N6O2/c1-5-20-19(22-11-13-25(3)12-6-14-27-4)21-10-9-18(26)24-17-8-7-16(2)15-23-17/h7-8,15H,5-6,9-14H2,1-4H3,(H2,20,21,22)(H,23,24,26). The van der Waals surface area contributed by atoms with Gasteiger partial charge in [-0.05, 0) is 38.9 Å². The van der Waals surface area contributed by atoms with Gasteiger partial charge in [-0.3, -0.25) is 9.79 Å². The molecule has 152 valence electrons. The highest BCUT2D eigenvalue weighted by molar-refractivity contribution is 5.90. The van der Waals surface area contributed by atoms with Gasteiger partial charge in [-0.25, -0.2) is 4.98 Å². The molecule has 1 rings (SSSR count). The summed E-state index contributed by atoms with van der Waals surface area (Å²) in [5.41, 5.74) is 1.06. The number of carbonyl (C=O) groups is 1. The fourth-order valence-corrected chi connectivity index (χ4v) is 2.31. The lowest BCUT2D eigenvalue weighted by atomic mass is 10.3. The molecule has 1 aromatic rings. The van der Waals surface area contributed by atoms with Crippen molar-refractivity contribution in [3.05, 3.63) is 23.9 Å². The highest BCUT2D eigenvalue weighted by atomic mass is 16.5. The first kappa shape index (κ1) is 22.9. The lowest BCUT2D eigenvalue weighted by Gasteiger charge is -2.16. The van der Waals surface area contributed by atoms with Crippen molar-refractivity contribution in [2.24, 2.45) is 4.99 Å². The third kappa shape index (κ3) is 11.2. The molecule has 0 aliphatic heterocycles. The van der Waals surface area contributed by atoms with Crippen LogP contribution >= 0.6 is 0 Å². The summed E-state index contributed by atoms with van der Waals surface area (Å²) >= 11 is 0. The molecule has 0 aliphatic rings. The SMILES string of the molecule is CCNC(=NCCN(C)CCCOC)NCCC(=O)Nc1ccc(C)cn1. The van der Waals surface area contributed by atoms with Crippen molar-refractivity contribution < 1.29 is 9.53 Å². The Labute approximate surface area is 162 Å². The van der Waals surface area contributed by atoms with E-state index in [1.807, 2.05) is 19.9 Å². The van der Waals surface area contributed by atoms with Gasteiger partial charge in [-0.2, -0.15) is 0 Å². The number of hydrogen-bond acceptors (Lipinski definition) is 5. The van der Waals surface area contributed by atoms with Crippen molar-refractivity contribution >= 4 is 17.7 Å². The predicted molar refractivity (Wildman–Crippen MR) is 110 cm³/mol. The number of ether oxygens (including phenoxy) is 1. The van der Waals surface area contributed by atoms with Crippen molar-refractivity contribution in [3.63, 3.8) is 0 Å². The molecule has 0 saturated carbocycles. The van der Waals surface area contributed by atoms with Gasteiger partial charge in [0.1, 0.15) is 5.82 Å². The summed E-state index contributed by atoms with van der Waals surface area (Å²) < 4.78 is 5.06. The van der Waals surface area contributed by atoms with Crippen LogP contribution in [0.1, 0.15) is 25.3 Å². The Morgan fingerprint density at radius 3 is 2.78 bits per heavy atom. The largest absolute Gasteiger partial charge is 0.385 e. The zero-order valence-corrected chi connectivity index (χ0v) is 17.0. The zero-order valence-electron chi connectivity index (χ0n) is 17.0. The number of aryl methyl sites for hydroxylation is 1. The second-order valence-electron chi connectivity index (χ2n) is 6.36. The maximum absolute atomic E-state index is 12.0. The smallest absolute Gasteiger partial charge is 0.227 e. The van der Waals surface area contributed by atoms with E-state index in [-0.39, 0.29) is 5.91 Å². The molecule has 27 heavy (non-hydrogen) atoms. The third-order valence-electron chi connectivity index (χ3n) is 3.81. The summed E-state index contributed by atoms with van der Waals surface area (Å²) in [7, 11) is 3.80. The summed E-state index contributed by atoms with van der Waals surface area (Å²) in [6.07, 6.45) is 3.09. The van der Waals surface area contributed by atoms with Gasteiger partial charge in [0.05, 0.1) is 6.54 Å². The molecule has 8 nitrogen and oxygen atoms in total. The lowest BCUT2D eigenvalue weighted by Crippen LogP contribution is -2.39. The highest BCUT2D eigenvalue weighted by Gasteiger charge is 2.04. The second kappa shape index (κ2) is 13.9. The zero-order chi connectivity index (χ0) is 19.9. The minimum Gasteiger partial charge on any atom is -0.385 e. The molecule has 8 heteroatoms. The summed E-state index contributed by atoms with van der Waals surface area (Å²) in [6.45, 7) is 8.59. The number of pyridine rings is 1. The van der Waals surface area contributed by atoms with Gasteiger partial charge < -0.3 is 25.6 Å². The number of nitrogens with one attached hydrogen (secondary N) is 3. The number of carbonyl (C=O) groups excluding carboxylic acids is 1. The fraction of sp³-hybridized carbons (Fsp3) is 0.632. The predicted octanol–water partition coefficient (Wildman–Crippen LogP) is 1.24. The Morgan fingerprint density at radius 1 is 1.30 bits per heavy atom. The first-order valence-electron chi connectivity index (χ1n) is 9.47. The molecule has 0 radical (unpaired) electrons. The van der Waals surface area contributed by atoms with Crippen LogP contribution in [0.15, 0.2) is 23.3 Å². The topological polar surface area (TPSA) is 90.9 Å². The van der Waals surface area contributed by atoms with E-state index in [2.05, 4.69) is 37.9 Å². The van der Waals surface area contributed by atoms with E-state index in [1.54, 1.807) is 19.4 Å². The van der Waals surface area contributed by atoms with Crippen LogP contribution in [0.25, 0.3) is 0 Å². The maximum atomic E-state index is 12.0. The van der Waals surface area contributed by atoms with E-state index >= 15 is 0 Å². The Kier molecular flexibility index (Phi) is 11.8. The normalized spacial score (nSPS) is 11.5. The van der Waals surface area contributed by atoms with Crippen molar-refractivity contribution in [1.29, 1.82) is 0 Å². The number of amides is 1. The molecule has 0 fully saturated rings. The summed E-state index contributed by atoms with van der Waals surface area (Å²) in [4.78, 5) is 23.0. The fourth-order valence-electron chi connectivity index (χ4n) is 2.31. The summed E-state index contributed by atoms with van der Waals surface area (Å²) in [5.74, 6) is 1.22. The molecule has 0 spiro atoms. The molecule has 1 heterocycles. The summed E-state index contributed by atoms with van der Waals surface area (Å²) in [5, 5.41) is 9.18.